The average molecular weight is 161 g/mol. The fourth-order valence-corrected chi connectivity index (χ4v) is 1.14. The Morgan fingerprint density at radius 3 is 2.75 bits per heavy atom. The van der Waals surface area contributed by atoms with Crippen LogP contribution in [0.4, 0.5) is 0 Å². The van der Waals surface area contributed by atoms with Gasteiger partial charge in [0.1, 0.15) is 0 Å². The lowest BCUT2D eigenvalue weighted by molar-refractivity contribution is 0.299. The van der Waals surface area contributed by atoms with Crippen LogP contribution in [0, 0.1) is 18.3 Å². The van der Waals surface area contributed by atoms with Gasteiger partial charge in [-0.3, -0.25) is 0 Å². The van der Waals surface area contributed by atoms with E-state index in [9.17, 15) is 0 Å². The van der Waals surface area contributed by atoms with Crippen molar-refractivity contribution in [2.24, 2.45) is 0 Å². The first-order valence-electron chi connectivity index (χ1n) is 3.88. The lowest BCUT2D eigenvalue weighted by atomic mass is 10.0. The van der Waals surface area contributed by atoms with Crippen molar-refractivity contribution in [1.29, 1.82) is 5.26 Å². The molecule has 1 aromatic carbocycles. The summed E-state index contributed by atoms with van der Waals surface area (Å²) in [5.41, 5.74) is 2.76. The van der Waals surface area contributed by atoms with Crippen molar-refractivity contribution in [3.05, 3.63) is 34.9 Å². The zero-order chi connectivity index (χ0) is 8.97. The highest BCUT2D eigenvalue weighted by molar-refractivity contribution is 5.39. The zero-order valence-corrected chi connectivity index (χ0v) is 7.04. The smallest absolute Gasteiger partial charge is 0.0994 e. The molecule has 0 aliphatic rings. The second-order valence-electron chi connectivity index (χ2n) is 2.73. The molecular formula is C10H11NO. The van der Waals surface area contributed by atoms with E-state index in [1.165, 1.54) is 0 Å². The quantitative estimate of drug-likeness (QED) is 0.712. The van der Waals surface area contributed by atoms with E-state index in [1.807, 2.05) is 19.1 Å². The summed E-state index contributed by atoms with van der Waals surface area (Å²) in [6.45, 7) is 2.06. The van der Waals surface area contributed by atoms with Gasteiger partial charge in [0.05, 0.1) is 11.6 Å². The summed E-state index contributed by atoms with van der Waals surface area (Å²) in [5, 5.41) is 17.3. The molecule has 0 heterocycles. The maximum Gasteiger partial charge on any atom is 0.0994 e. The summed E-state index contributed by atoms with van der Waals surface area (Å²) < 4.78 is 0. The van der Waals surface area contributed by atoms with Crippen LogP contribution < -0.4 is 0 Å². The number of nitrogens with zero attached hydrogens (tertiary/aromatic N) is 1. The summed E-state index contributed by atoms with van der Waals surface area (Å²) in [5.74, 6) is 0. The van der Waals surface area contributed by atoms with Gasteiger partial charge < -0.3 is 5.11 Å². The molecule has 0 aromatic heterocycles. The highest BCUT2D eigenvalue weighted by Crippen LogP contribution is 2.09. The predicted octanol–water partition coefficient (Wildman–Crippen LogP) is 1.40. The molecule has 0 saturated heterocycles. The number of nitriles is 1. The zero-order valence-electron chi connectivity index (χ0n) is 7.04. The third-order valence-corrected chi connectivity index (χ3v) is 1.81. The number of benzene rings is 1. The second kappa shape index (κ2) is 3.89. The highest BCUT2D eigenvalue weighted by atomic mass is 16.2. The monoisotopic (exact) mass is 161 g/mol. The summed E-state index contributed by atoms with van der Waals surface area (Å²) in [6.07, 6.45) is 0.659. The number of aliphatic hydroxyl groups is 1. The molecule has 0 saturated carbocycles. The molecule has 0 bridgehead atoms. The third kappa shape index (κ3) is 1.84. The van der Waals surface area contributed by atoms with Crippen molar-refractivity contribution in [1.82, 2.24) is 0 Å². The van der Waals surface area contributed by atoms with Gasteiger partial charge in [0.2, 0.25) is 0 Å². The molecule has 1 aromatic rings. The third-order valence-electron chi connectivity index (χ3n) is 1.81. The SMILES string of the molecule is Cc1cc(CCO)ccc1C#N. The topological polar surface area (TPSA) is 44.0 Å². The summed E-state index contributed by atoms with van der Waals surface area (Å²) >= 11 is 0. The van der Waals surface area contributed by atoms with E-state index in [-0.39, 0.29) is 6.61 Å². The van der Waals surface area contributed by atoms with Crippen LogP contribution in [0.3, 0.4) is 0 Å². The summed E-state index contributed by atoms with van der Waals surface area (Å²) in [4.78, 5) is 0. The molecule has 0 aliphatic carbocycles. The molecule has 0 unspecified atom stereocenters. The minimum atomic E-state index is 0.158. The molecule has 62 valence electrons. The molecule has 0 amide bonds. The second-order valence-corrected chi connectivity index (χ2v) is 2.73. The fraction of sp³-hybridized carbons (Fsp3) is 0.300. The van der Waals surface area contributed by atoms with E-state index in [1.54, 1.807) is 6.07 Å². The van der Waals surface area contributed by atoms with Gasteiger partial charge in [0.15, 0.2) is 0 Å². The summed E-state index contributed by atoms with van der Waals surface area (Å²) in [7, 11) is 0. The number of rotatable bonds is 2. The summed E-state index contributed by atoms with van der Waals surface area (Å²) in [6, 6.07) is 7.71. The van der Waals surface area contributed by atoms with Crippen molar-refractivity contribution >= 4 is 0 Å². The minimum Gasteiger partial charge on any atom is -0.396 e. The first-order chi connectivity index (χ1) is 5.77. The number of aryl methyl sites for hydroxylation is 1. The Labute approximate surface area is 72.1 Å². The van der Waals surface area contributed by atoms with Gasteiger partial charge in [-0.05, 0) is 30.5 Å². The van der Waals surface area contributed by atoms with E-state index < -0.39 is 0 Å². The van der Waals surface area contributed by atoms with Crippen molar-refractivity contribution < 1.29 is 5.11 Å². The molecule has 0 aliphatic heterocycles. The van der Waals surface area contributed by atoms with Crippen LogP contribution in [0.1, 0.15) is 16.7 Å². The molecule has 1 N–H and O–H groups in total. The van der Waals surface area contributed by atoms with Crippen LogP contribution in [0.25, 0.3) is 0 Å². The molecule has 1 rings (SSSR count). The van der Waals surface area contributed by atoms with Gasteiger partial charge in [-0.2, -0.15) is 5.26 Å². The fourth-order valence-electron chi connectivity index (χ4n) is 1.14. The molecule has 0 radical (unpaired) electrons. The first kappa shape index (κ1) is 8.76. The molecular weight excluding hydrogens is 150 g/mol. The maximum absolute atomic E-state index is 8.67. The van der Waals surface area contributed by atoms with Gasteiger partial charge in [-0.15, -0.1) is 0 Å². The lowest BCUT2D eigenvalue weighted by Crippen LogP contribution is -1.92. The van der Waals surface area contributed by atoms with E-state index in [0.29, 0.717) is 12.0 Å². The predicted molar refractivity (Wildman–Crippen MR) is 46.7 cm³/mol. The Hall–Kier alpha value is -1.33. The molecule has 2 heteroatoms. The molecule has 0 fully saturated rings. The highest BCUT2D eigenvalue weighted by Gasteiger charge is 1.97. The lowest BCUT2D eigenvalue weighted by Gasteiger charge is -2.00. The van der Waals surface area contributed by atoms with Gasteiger partial charge in [-0.1, -0.05) is 12.1 Å². The Morgan fingerprint density at radius 1 is 1.50 bits per heavy atom. The van der Waals surface area contributed by atoms with Crippen LogP contribution in [0.2, 0.25) is 0 Å². The van der Waals surface area contributed by atoms with Gasteiger partial charge in [0, 0.05) is 6.61 Å². The number of hydrogen-bond donors (Lipinski definition) is 1. The Kier molecular flexibility index (Phi) is 2.84. The largest absolute Gasteiger partial charge is 0.396 e. The Balaban J connectivity index is 2.96. The van der Waals surface area contributed by atoms with Crippen molar-refractivity contribution in [3.8, 4) is 6.07 Å². The number of hydrogen-bond acceptors (Lipinski definition) is 2. The number of aliphatic hydroxyl groups excluding tert-OH is 1. The molecule has 0 atom stereocenters. The van der Waals surface area contributed by atoms with E-state index in [4.69, 9.17) is 10.4 Å². The Bertz CT molecular complexity index is 312. The molecule has 0 spiro atoms. The van der Waals surface area contributed by atoms with Crippen LogP contribution >= 0.6 is 0 Å². The maximum atomic E-state index is 8.67. The van der Waals surface area contributed by atoms with Crippen molar-refractivity contribution in [2.75, 3.05) is 6.61 Å². The van der Waals surface area contributed by atoms with E-state index in [0.717, 1.165) is 11.1 Å². The van der Waals surface area contributed by atoms with Gasteiger partial charge >= 0.3 is 0 Å². The average Bonchev–Trinajstić information content (AvgIpc) is 2.05. The van der Waals surface area contributed by atoms with Crippen molar-refractivity contribution in [3.63, 3.8) is 0 Å². The molecule has 2 nitrogen and oxygen atoms in total. The molecule has 12 heavy (non-hydrogen) atoms. The normalized spacial score (nSPS) is 9.42. The first-order valence-corrected chi connectivity index (χ1v) is 3.88. The van der Waals surface area contributed by atoms with Crippen LogP contribution in [-0.2, 0) is 6.42 Å². The van der Waals surface area contributed by atoms with Crippen molar-refractivity contribution in [2.45, 2.75) is 13.3 Å². The van der Waals surface area contributed by atoms with Crippen LogP contribution in [-0.4, -0.2) is 11.7 Å². The Morgan fingerprint density at radius 2 is 2.25 bits per heavy atom. The van der Waals surface area contributed by atoms with Crippen LogP contribution in [0.5, 0.6) is 0 Å². The van der Waals surface area contributed by atoms with Crippen LogP contribution in [0.15, 0.2) is 18.2 Å². The van der Waals surface area contributed by atoms with E-state index in [2.05, 4.69) is 6.07 Å². The van der Waals surface area contributed by atoms with Gasteiger partial charge in [-0.25, -0.2) is 0 Å². The van der Waals surface area contributed by atoms with E-state index >= 15 is 0 Å². The van der Waals surface area contributed by atoms with Gasteiger partial charge in [0.25, 0.3) is 0 Å². The standard InChI is InChI=1S/C10H11NO/c1-8-6-9(4-5-12)2-3-10(8)7-11/h2-3,6,12H,4-5H2,1H3. The minimum absolute atomic E-state index is 0.158.